The van der Waals surface area contributed by atoms with Crippen molar-refractivity contribution in [1.82, 2.24) is 0 Å². The highest BCUT2D eigenvalue weighted by Crippen LogP contribution is 2.20. The van der Waals surface area contributed by atoms with Gasteiger partial charge in [0.2, 0.25) is 5.91 Å². The fourth-order valence-corrected chi connectivity index (χ4v) is 1.14. The Morgan fingerprint density at radius 3 is 2.59 bits per heavy atom. The van der Waals surface area contributed by atoms with Crippen molar-refractivity contribution < 1.29 is 18.9 Å². The third-order valence-corrected chi connectivity index (χ3v) is 1.85. The Morgan fingerprint density at radius 2 is 2.12 bits per heavy atom. The number of non-ortho nitro benzene ring substituents is 1. The zero-order valence-electron chi connectivity index (χ0n) is 8.90. The molecule has 0 atom stereocenters. The van der Waals surface area contributed by atoms with Gasteiger partial charge in [0, 0.05) is 6.07 Å². The summed E-state index contributed by atoms with van der Waals surface area (Å²) in [6.07, 6.45) is -0.365. The van der Waals surface area contributed by atoms with E-state index in [0.717, 1.165) is 12.1 Å². The number of nitrogens with one attached hydrogen (secondary N) is 1. The van der Waals surface area contributed by atoms with E-state index in [4.69, 9.17) is 0 Å². The highest BCUT2D eigenvalue weighted by atomic mass is 19.1. The molecule has 0 unspecified atom stereocenters. The smallest absolute Gasteiger partial charge is 0.272 e. The molecular formula is C10H9FN2O4. The van der Waals surface area contributed by atoms with Crippen LogP contribution in [0.2, 0.25) is 0 Å². The monoisotopic (exact) mass is 240 g/mol. The van der Waals surface area contributed by atoms with Gasteiger partial charge < -0.3 is 5.32 Å². The number of nitrogens with zero attached hydrogens (tertiary/aromatic N) is 1. The second kappa shape index (κ2) is 5.15. The summed E-state index contributed by atoms with van der Waals surface area (Å²) in [6.45, 7) is 1.23. The molecule has 1 amide bonds. The SMILES string of the molecule is CC(=O)CC(=O)Nc1ccc([N+](=O)[O-])cc1F. The Balaban J connectivity index is 2.83. The highest BCUT2D eigenvalue weighted by Gasteiger charge is 2.13. The van der Waals surface area contributed by atoms with Crippen LogP contribution in [0, 0.1) is 15.9 Å². The van der Waals surface area contributed by atoms with Crippen LogP contribution in [-0.4, -0.2) is 16.6 Å². The van der Waals surface area contributed by atoms with Crippen LogP contribution in [0.5, 0.6) is 0 Å². The van der Waals surface area contributed by atoms with E-state index in [1.807, 2.05) is 0 Å². The maximum atomic E-state index is 13.3. The van der Waals surface area contributed by atoms with Gasteiger partial charge in [0.25, 0.3) is 5.69 Å². The standard InChI is InChI=1S/C10H9FN2O4/c1-6(14)4-10(15)12-9-3-2-7(13(16)17)5-8(9)11/h2-3,5H,4H2,1H3,(H,12,15). The van der Waals surface area contributed by atoms with Crippen LogP contribution in [-0.2, 0) is 9.59 Å². The number of halogens is 1. The number of carbonyl (C=O) groups excluding carboxylic acids is 2. The van der Waals surface area contributed by atoms with Crippen LogP contribution in [0.15, 0.2) is 18.2 Å². The van der Waals surface area contributed by atoms with Crippen LogP contribution >= 0.6 is 0 Å². The van der Waals surface area contributed by atoms with Gasteiger partial charge >= 0.3 is 0 Å². The molecule has 1 aromatic carbocycles. The van der Waals surface area contributed by atoms with Crippen molar-refractivity contribution in [3.63, 3.8) is 0 Å². The third kappa shape index (κ3) is 3.63. The number of carbonyl (C=O) groups is 2. The van der Waals surface area contributed by atoms with Crippen molar-refractivity contribution in [3.05, 3.63) is 34.1 Å². The molecule has 1 aromatic rings. The molecule has 90 valence electrons. The molecule has 0 aliphatic carbocycles. The number of anilines is 1. The first-order chi connectivity index (χ1) is 7.90. The highest BCUT2D eigenvalue weighted by molar-refractivity contribution is 6.03. The lowest BCUT2D eigenvalue weighted by atomic mass is 10.2. The van der Waals surface area contributed by atoms with Gasteiger partial charge in [-0.05, 0) is 13.0 Å². The van der Waals surface area contributed by atoms with Crippen LogP contribution < -0.4 is 5.32 Å². The van der Waals surface area contributed by atoms with Crippen LogP contribution in [0.25, 0.3) is 0 Å². The molecule has 0 heterocycles. The molecule has 0 aliphatic heterocycles. The Morgan fingerprint density at radius 1 is 1.47 bits per heavy atom. The van der Waals surface area contributed by atoms with Crippen molar-refractivity contribution in [2.75, 3.05) is 5.32 Å². The lowest BCUT2D eigenvalue weighted by Gasteiger charge is -2.04. The molecule has 0 radical (unpaired) electrons. The number of rotatable bonds is 4. The average molecular weight is 240 g/mol. The molecule has 0 aromatic heterocycles. The van der Waals surface area contributed by atoms with E-state index in [-0.39, 0.29) is 17.9 Å². The fraction of sp³-hybridized carbons (Fsp3) is 0.200. The summed E-state index contributed by atoms with van der Waals surface area (Å²) in [7, 11) is 0. The lowest BCUT2D eigenvalue weighted by Crippen LogP contribution is -2.15. The number of hydrogen-bond donors (Lipinski definition) is 1. The van der Waals surface area contributed by atoms with Gasteiger partial charge in [-0.1, -0.05) is 0 Å². The normalized spacial score (nSPS) is 9.76. The predicted octanol–water partition coefficient (Wildman–Crippen LogP) is 1.65. The number of nitro benzene ring substituents is 1. The summed E-state index contributed by atoms with van der Waals surface area (Å²) in [6, 6.07) is 2.83. The van der Waals surface area contributed by atoms with Gasteiger partial charge in [-0.3, -0.25) is 19.7 Å². The summed E-state index contributed by atoms with van der Waals surface area (Å²) in [4.78, 5) is 31.4. The van der Waals surface area contributed by atoms with E-state index in [9.17, 15) is 24.1 Å². The first kappa shape index (κ1) is 12.8. The molecule has 1 rings (SSSR count). The Hall–Kier alpha value is -2.31. The summed E-state index contributed by atoms with van der Waals surface area (Å²) in [5.41, 5.74) is -0.603. The Kier molecular flexibility index (Phi) is 3.86. The number of amides is 1. The van der Waals surface area contributed by atoms with Crippen LogP contribution in [0.1, 0.15) is 13.3 Å². The van der Waals surface area contributed by atoms with Crippen molar-refractivity contribution >= 4 is 23.1 Å². The molecule has 1 N–H and O–H groups in total. The second-order valence-corrected chi connectivity index (χ2v) is 3.35. The lowest BCUT2D eigenvalue weighted by molar-refractivity contribution is -0.385. The first-order valence-electron chi connectivity index (χ1n) is 4.63. The van der Waals surface area contributed by atoms with Gasteiger partial charge in [0.05, 0.1) is 23.1 Å². The number of benzene rings is 1. The molecule has 0 saturated heterocycles. The Bertz CT molecular complexity index is 487. The third-order valence-electron chi connectivity index (χ3n) is 1.85. The van der Waals surface area contributed by atoms with Gasteiger partial charge in [0.1, 0.15) is 5.78 Å². The van der Waals surface area contributed by atoms with Crippen molar-refractivity contribution in [2.45, 2.75) is 13.3 Å². The van der Waals surface area contributed by atoms with Gasteiger partial charge in [-0.2, -0.15) is 0 Å². The molecule has 0 saturated carbocycles. The number of hydrogen-bond acceptors (Lipinski definition) is 4. The molecule has 0 aliphatic rings. The molecule has 0 bridgehead atoms. The van der Waals surface area contributed by atoms with Crippen molar-refractivity contribution in [3.8, 4) is 0 Å². The van der Waals surface area contributed by atoms with Gasteiger partial charge in [0.15, 0.2) is 5.82 Å². The second-order valence-electron chi connectivity index (χ2n) is 3.35. The molecule has 17 heavy (non-hydrogen) atoms. The predicted molar refractivity (Wildman–Crippen MR) is 57.0 cm³/mol. The van der Waals surface area contributed by atoms with Crippen molar-refractivity contribution in [2.24, 2.45) is 0 Å². The minimum absolute atomic E-state index is 0.193. The zero-order chi connectivity index (χ0) is 13.0. The molecule has 6 nitrogen and oxygen atoms in total. The van der Waals surface area contributed by atoms with E-state index in [1.165, 1.54) is 6.92 Å². The summed E-state index contributed by atoms with van der Waals surface area (Å²) < 4.78 is 13.3. The van der Waals surface area contributed by atoms with E-state index in [2.05, 4.69) is 5.32 Å². The summed E-state index contributed by atoms with van der Waals surface area (Å²) in [5.74, 6) is -1.94. The topological polar surface area (TPSA) is 89.3 Å². The largest absolute Gasteiger partial charge is 0.323 e. The number of Topliss-reactive ketones (excluding diaryl/α,β-unsaturated/α-hetero) is 1. The van der Waals surface area contributed by atoms with E-state index in [0.29, 0.717) is 6.07 Å². The maximum absolute atomic E-state index is 13.3. The van der Waals surface area contributed by atoms with Crippen LogP contribution in [0.3, 0.4) is 0 Å². The quantitative estimate of drug-likeness (QED) is 0.492. The molecule has 0 spiro atoms. The molecule has 0 fully saturated rings. The first-order valence-corrected chi connectivity index (χ1v) is 4.63. The number of ketones is 1. The number of nitro groups is 1. The maximum Gasteiger partial charge on any atom is 0.272 e. The van der Waals surface area contributed by atoms with E-state index < -0.39 is 22.3 Å². The molecular weight excluding hydrogens is 231 g/mol. The fourth-order valence-electron chi connectivity index (χ4n) is 1.14. The minimum atomic E-state index is -0.920. The van der Waals surface area contributed by atoms with Gasteiger partial charge in [-0.25, -0.2) is 4.39 Å². The average Bonchev–Trinajstić information content (AvgIpc) is 2.19. The minimum Gasteiger partial charge on any atom is -0.323 e. The molecule has 7 heteroatoms. The van der Waals surface area contributed by atoms with Crippen molar-refractivity contribution in [1.29, 1.82) is 0 Å². The van der Waals surface area contributed by atoms with Crippen LogP contribution in [0.4, 0.5) is 15.8 Å². The Labute approximate surface area is 95.6 Å². The summed E-state index contributed by atoms with van der Waals surface area (Å²) in [5, 5.41) is 12.5. The van der Waals surface area contributed by atoms with E-state index >= 15 is 0 Å². The zero-order valence-corrected chi connectivity index (χ0v) is 8.90. The van der Waals surface area contributed by atoms with Gasteiger partial charge in [-0.15, -0.1) is 0 Å². The van der Waals surface area contributed by atoms with E-state index in [1.54, 1.807) is 0 Å². The summed E-state index contributed by atoms with van der Waals surface area (Å²) >= 11 is 0.